The summed E-state index contributed by atoms with van der Waals surface area (Å²) in [4.78, 5) is 31.8. The molecule has 2 aromatic carbocycles. The van der Waals surface area contributed by atoms with E-state index in [1.165, 1.54) is 6.08 Å². The molecule has 0 spiro atoms. The number of rotatable bonds is 5. The Labute approximate surface area is 184 Å². The molecule has 1 fully saturated rings. The first-order chi connectivity index (χ1) is 15.7. The number of para-hydroxylation sites is 1. The van der Waals surface area contributed by atoms with Crippen LogP contribution in [-0.2, 0) is 4.79 Å². The number of aromatic nitrogens is 3. The largest absolute Gasteiger partial charge is 0.457 e. The second-order valence-corrected chi connectivity index (χ2v) is 7.67. The monoisotopic (exact) mass is 426 g/mol. The van der Waals surface area contributed by atoms with E-state index in [1.807, 2.05) is 66.7 Å². The smallest absolute Gasteiger partial charge is 0.335 e. The van der Waals surface area contributed by atoms with Crippen molar-refractivity contribution in [2.45, 2.75) is 12.5 Å². The zero-order valence-corrected chi connectivity index (χ0v) is 17.4. The molecule has 0 bridgehead atoms. The van der Waals surface area contributed by atoms with E-state index >= 15 is 0 Å². The van der Waals surface area contributed by atoms with Crippen LogP contribution in [0.25, 0.3) is 16.9 Å². The Morgan fingerprint density at radius 3 is 2.53 bits per heavy atom. The maximum Gasteiger partial charge on any atom is 0.335 e. The fourth-order valence-electron chi connectivity index (χ4n) is 4.20. The van der Waals surface area contributed by atoms with Gasteiger partial charge in [-0.3, -0.25) is 13.9 Å². The summed E-state index contributed by atoms with van der Waals surface area (Å²) in [6.45, 7) is 4.61. The normalized spacial score (nSPS) is 15.8. The summed E-state index contributed by atoms with van der Waals surface area (Å²) < 4.78 is 9.24. The number of pyridine rings is 1. The molecular formula is C25H22N4O3. The van der Waals surface area contributed by atoms with Gasteiger partial charge in [-0.2, -0.15) is 0 Å². The van der Waals surface area contributed by atoms with Crippen LogP contribution in [0.15, 0.2) is 90.4 Å². The fourth-order valence-corrected chi connectivity index (χ4v) is 4.20. The minimum absolute atomic E-state index is 0.119. The van der Waals surface area contributed by atoms with Crippen LogP contribution in [0.4, 0.5) is 0 Å². The lowest BCUT2D eigenvalue weighted by Gasteiger charge is -2.14. The number of nitrogens with zero attached hydrogens (tertiary/aromatic N) is 4. The average molecular weight is 426 g/mol. The molecule has 0 N–H and O–H groups in total. The molecule has 1 aliphatic rings. The van der Waals surface area contributed by atoms with Crippen molar-refractivity contribution < 1.29 is 9.53 Å². The van der Waals surface area contributed by atoms with Gasteiger partial charge in [-0.25, -0.2) is 9.78 Å². The van der Waals surface area contributed by atoms with Crippen LogP contribution in [0, 0.1) is 0 Å². The Morgan fingerprint density at radius 1 is 1.03 bits per heavy atom. The molecule has 1 amide bonds. The van der Waals surface area contributed by atoms with E-state index in [0.717, 1.165) is 17.0 Å². The van der Waals surface area contributed by atoms with Gasteiger partial charge in [-0.15, -0.1) is 0 Å². The van der Waals surface area contributed by atoms with Gasteiger partial charge in [0.2, 0.25) is 5.91 Å². The van der Waals surface area contributed by atoms with Crippen LogP contribution in [0.2, 0.25) is 0 Å². The van der Waals surface area contributed by atoms with Gasteiger partial charge >= 0.3 is 5.69 Å². The van der Waals surface area contributed by atoms with Crippen molar-refractivity contribution in [2.75, 3.05) is 13.1 Å². The number of hydrogen-bond donors (Lipinski definition) is 0. The van der Waals surface area contributed by atoms with E-state index in [0.29, 0.717) is 30.9 Å². The summed E-state index contributed by atoms with van der Waals surface area (Å²) in [7, 11) is 0. The number of amides is 1. The van der Waals surface area contributed by atoms with Crippen molar-refractivity contribution in [3.8, 4) is 17.2 Å². The molecule has 1 atom stereocenters. The van der Waals surface area contributed by atoms with Crippen molar-refractivity contribution in [3.05, 3.63) is 96.1 Å². The van der Waals surface area contributed by atoms with Crippen LogP contribution in [0.1, 0.15) is 12.5 Å². The highest BCUT2D eigenvalue weighted by atomic mass is 16.5. The third kappa shape index (κ3) is 3.47. The molecule has 160 valence electrons. The van der Waals surface area contributed by atoms with E-state index < -0.39 is 0 Å². The number of hydrogen-bond acceptors (Lipinski definition) is 4. The third-order valence-corrected chi connectivity index (χ3v) is 5.72. The molecule has 4 aromatic rings. The van der Waals surface area contributed by atoms with E-state index in [2.05, 4.69) is 11.6 Å². The summed E-state index contributed by atoms with van der Waals surface area (Å²) in [5, 5.41) is 0. The predicted octanol–water partition coefficient (Wildman–Crippen LogP) is 3.94. The highest BCUT2D eigenvalue weighted by Gasteiger charge is 2.30. The first kappa shape index (κ1) is 19.8. The van der Waals surface area contributed by atoms with Crippen molar-refractivity contribution in [1.82, 2.24) is 19.0 Å². The Bertz CT molecular complexity index is 1340. The van der Waals surface area contributed by atoms with E-state index in [-0.39, 0.29) is 17.6 Å². The Balaban J connectivity index is 1.51. The highest BCUT2D eigenvalue weighted by molar-refractivity contribution is 5.87. The van der Waals surface area contributed by atoms with Crippen LogP contribution in [-0.4, -0.2) is 38.0 Å². The SMILES string of the molecule is C=CC(=O)N1CC[C@@H](n2c(=O)n(-c3ccc(Oc4ccccc4)cc3)c3cccnc32)C1. The van der Waals surface area contributed by atoms with Crippen molar-refractivity contribution in [2.24, 2.45) is 0 Å². The number of likely N-dealkylation sites (tertiary alicyclic amines) is 1. The highest BCUT2D eigenvalue weighted by Crippen LogP contribution is 2.27. The second kappa shape index (κ2) is 8.19. The van der Waals surface area contributed by atoms with Gasteiger partial charge in [-0.1, -0.05) is 24.8 Å². The number of carbonyl (C=O) groups is 1. The van der Waals surface area contributed by atoms with Crippen molar-refractivity contribution >= 4 is 17.1 Å². The molecule has 32 heavy (non-hydrogen) atoms. The minimum Gasteiger partial charge on any atom is -0.457 e. The van der Waals surface area contributed by atoms with Crippen LogP contribution >= 0.6 is 0 Å². The standard InChI is InChI=1S/C25H22N4O3/c1-2-23(30)27-16-14-19(17-27)29-24-22(9-6-15-26-24)28(25(29)31)18-10-12-21(13-11-18)32-20-7-4-3-5-8-20/h2-13,15,19H,1,14,16-17H2/t19-/m1/s1. The quantitative estimate of drug-likeness (QED) is 0.453. The first-order valence-corrected chi connectivity index (χ1v) is 10.5. The molecule has 0 saturated carbocycles. The molecule has 0 unspecified atom stereocenters. The van der Waals surface area contributed by atoms with Gasteiger partial charge in [0.1, 0.15) is 11.5 Å². The maximum absolute atomic E-state index is 13.5. The molecule has 7 nitrogen and oxygen atoms in total. The molecule has 7 heteroatoms. The zero-order valence-electron chi connectivity index (χ0n) is 17.4. The Morgan fingerprint density at radius 2 is 1.78 bits per heavy atom. The van der Waals surface area contributed by atoms with E-state index in [1.54, 1.807) is 20.2 Å². The maximum atomic E-state index is 13.5. The lowest BCUT2D eigenvalue weighted by Crippen LogP contribution is -2.31. The molecule has 1 aliphatic heterocycles. The summed E-state index contributed by atoms with van der Waals surface area (Å²) >= 11 is 0. The molecular weight excluding hydrogens is 404 g/mol. The minimum atomic E-state index is -0.173. The lowest BCUT2D eigenvalue weighted by atomic mass is 10.2. The molecule has 5 rings (SSSR count). The van der Waals surface area contributed by atoms with Gasteiger partial charge in [-0.05, 0) is 61.0 Å². The van der Waals surface area contributed by atoms with E-state index in [9.17, 15) is 9.59 Å². The zero-order chi connectivity index (χ0) is 22.1. The number of benzene rings is 2. The van der Waals surface area contributed by atoms with Gasteiger partial charge in [0, 0.05) is 19.3 Å². The average Bonchev–Trinajstić information content (AvgIpc) is 3.42. The fraction of sp³-hybridized carbons (Fsp3) is 0.160. The van der Waals surface area contributed by atoms with Gasteiger partial charge in [0.05, 0.1) is 17.2 Å². The first-order valence-electron chi connectivity index (χ1n) is 10.5. The van der Waals surface area contributed by atoms with Gasteiger partial charge < -0.3 is 9.64 Å². The van der Waals surface area contributed by atoms with Crippen molar-refractivity contribution in [3.63, 3.8) is 0 Å². The summed E-state index contributed by atoms with van der Waals surface area (Å²) in [5.41, 5.74) is 1.89. The Kier molecular flexibility index (Phi) is 5.07. The molecule has 0 aliphatic carbocycles. The number of imidazole rings is 1. The van der Waals surface area contributed by atoms with Crippen LogP contribution < -0.4 is 10.4 Å². The molecule has 1 saturated heterocycles. The predicted molar refractivity (Wildman–Crippen MR) is 122 cm³/mol. The number of fused-ring (bicyclic) bond motifs is 1. The second-order valence-electron chi connectivity index (χ2n) is 7.67. The number of carbonyl (C=O) groups excluding carboxylic acids is 1. The summed E-state index contributed by atoms with van der Waals surface area (Å²) in [6, 6.07) is 20.5. The van der Waals surface area contributed by atoms with Gasteiger partial charge in [0.25, 0.3) is 0 Å². The van der Waals surface area contributed by atoms with E-state index in [4.69, 9.17) is 4.74 Å². The van der Waals surface area contributed by atoms with Crippen molar-refractivity contribution in [1.29, 1.82) is 0 Å². The molecule has 3 heterocycles. The molecule has 0 radical (unpaired) electrons. The van der Waals surface area contributed by atoms with Gasteiger partial charge in [0.15, 0.2) is 5.65 Å². The Hall–Kier alpha value is -4.13. The summed E-state index contributed by atoms with van der Waals surface area (Å²) in [5.74, 6) is 1.31. The third-order valence-electron chi connectivity index (χ3n) is 5.72. The van der Waals surface area contributed by atoms with Crippen LogP contribution in [0.3, 0.4) is 0 Å². The van der Waals surface area contributed by atoms with Crippen LogP contribution in [0.5, 0.6) is 11.5 Å². The molecule has 2 aromatic heterocycles. The summed E-state index contributed by atoms with van der Waals surface area (Å²) in [6.07, 6.45) is 3.69. The lowest BCUT2D eigenvalue weighted by molar-refractivity contribution is -0.125. The number of ether oxygens (including phenoxy) is 1. The topological polar surface area (TPSA) is 69.4 Å².